The predicted molar refractivity (Wildman–Crippen MR) is 103 cm³/mol. The third kappa shape index (κ3) is 4.70. The maximum Gasteiger partial charge on any atom is 0.222 e. The minimum Gasteiger partial charge on any atom is -0.349 e. The van der Waals surface area contributed by atoms with Gasteiger partial charge in [0.1, 0.15) is 5.82 Å². The molecule has 0 saturated heterocycles. The van der Waals surface area contributed by atoms with Crippen molar-refractivity contribution >= 4 is 38.8 Å². The molecule has 1 atom stereocenters. The molecule has 6 nitrogen and oxygen atoms in total. The number of rotatable bonds is 6. The van der Waals surface area contributed by atoms with E-state index in [9.17, 15) is 9.59 Å². The Morgan fingerprint density at radius 3 is 2.58 bits per heavy atom. The summed E-state index contributed by atoms with van der Waals surface area (Å²) in [6, 6.07) is 14.9. The van der Waals surface area contributed by atoms with E-state index in [2.05, 4.69) is 36.5 Å². The summed E-state index contributed by atoms with van der Waals surface area (Å²) in [5.41, 5.74) is 2.67. The normalized spacial score (nSPS) is 11.9. The molecule has 0 bridgehead atoms. The number of nitrogens with zero attached hydrogens (tertiary/aromatic N) is 1. The SMILES string of the molecule is CC(=O)NC(CC(=O)NCc1nc2ccccc2[nH]1)c1ccc(Br)cc1. The lowest BCUT2D eigenvalue weighted by atomic mass is 10.0. The first-order chi connectivity index (χ1) is 12.5. The number of aromatic nitrogens is 2. The van der Waals surface area contributed by atoms with Gasteiger partial charge in [-0.3, -0.25) is 9.59 Å². The number of hydrogen-bond donors (Lipinski definition) is 3. The largest absolute Gasteiger partial charge is 0.349 e. The fourth-order valence-corrected chi connectivity index (χ4v) is 2.99. The van der Waals surface area contributed by atoms with Gasteiger partial charge in [-0.05, 0) is 29.8 Å². The molecule has 0 spiro atoms. The van der Waals surface area contributed by atoms with Gasteiger partial charge in [-0.2, -0.15) is 0 Å². The molecular weight excluding hydrogens is 396 g/mol. The zero-order valence-electron chi connectivity index (χ0n) is 14.3. The number of aromatic amines is 1. The lowest BCUT2D eigenvalue weighted by Gasteiger charge is -2.18. The average molecular weight is 415 g/mol. The molecule has 0 aliphatic heterocycles. The van der Waals surface area contributed by atoms with Crippen LogP contribution in [0, 0.1) is 0 Å². The summed E-state index contributed by atoms with van der Waals surface area (Å²) in [6.45, 7) is 1.75. The third-order valence-electron chi connectivity index (χ3n) is 3.93. The highest BCUT2D eigenvalue weighted by atomic mass is 79.9. The molecule has 3 N–H and O–H groups in total. The minimum absolute atomic E-state index is 0.154. The molecule has 0 saturated carbocycles. The van der Waals surface area contributed by atoms with E-state index >= 15 is 0 Å². The smallest absolute Gasteiger partial charge is 0.222 e. The lowest BCUT2D eigenvalue weighted by molar-refractivity contribution is -0.123. The summed E-state index contributed by atoms with van der Waals surface area (Å²) < 4.78 is 0.942. The van der Waals surface area contributed by atoms with Crippen LogP contribution in [0.15, 0.2) is 53.0 Å². The summed E-state index contributed by atoms with van der Waals surface area (Å²) in [7, 11) is 0. The van der Waals surface area contributed by atoms with Gasteiger partial charge < -0.3 is 15.6 Å². The molecule has 1 aromatic heterocycles. The molecule has 0 aliphatic carbocycles. The number of nitrogens with one attached hydrogen (secondary N) is 3. The number of para-hydroxylation sites is 2. The second kappa shape index (κ2) is 8.14. The van der Waals surface area contributed by atoms with Crippen molar-refractivity contribution in [3.8, 4) is 0 Å². The lowest BCUT2D eigenvalue weighted by Crippen LogP contribution is -2.32. The van der Waals surface area contributed by atoms with Crippen LogP contribution in [0.5, 0.6) is 0 Å². The molecule has 0 aliphatic rings. The summed E-state index contributed by atoms with van der Waals surface area (Å²) in [5, 5.41) is 5.68. The molecule has 0 radical (unpaired) electrons. The van der Waals surface area contributed by atoms with E-state index in [0.29, 0.717) is 12.4 Å². The zero-order valence-corrected chi connectivity index (χ0v) is 15.8. The van der Waals surface area contributed by atoms with Crippen LogP contribution in [0.4, 0.5) is 0 Å². The fraction of sp³-hybridized carbons (Fsp3) is 0.211. The van der Waals surface area contributed by atoms with Crippen LogP contribution in [-0.2, 0) is 16.1 Å². The van der Waals surface area contributed by atoms with Crippen LogP contribution in [0.25, 0.3) is 11.0 Å². The Labute approximate surface area is 159 Å². The molecule has 2 aromatic carbocycles. The zero-order chi connectivity index (χ0) is 18.5. The van der Waals surface area contributed by atoms with Crippen LogP contribution in [-0.4, -0.2) is 21.8 Å². The Bertz CT molecular complexity index is 888. The van der Waals surface area contributed by atoms with Crippen molar-refractivity contribution in [2.24, 2.45) is 0 Å². The van der Waals surface area contributed by atoms with Gasteiger partial charge in [-0.1, -0.05) is 40.2 Å². The van der Waals surface area contributed by atoms with Gasteiger partial charge in [0, 0.05) is 11.4 Å². The van der Waals surface area contributed by atoms with Gasteiger partial charge in [0.2, 0.25) is 11.8 Å². The molecule has 26 heavy (non-hydrogen) atoms. The second-order valence-corrected chi connectivity index (χ2v) is 6.90. The highest BCUT2D eigenvalue weighted by Crippen LogP contribution is 2.20. The van der Waals surface area contributed by atoms with Crippen molar-refractivity contribution in [2.75, 3.05) is 0 Å². The number of amides is 2. The first-order valence-corrected chi connectivity index (χ1v) is 9.03. The van der Waals surface area contributed by atoms with Gasteiger partial charge in [-0.25, -0.2) is 4.98 Å². The summed E-state index contributed by atoms with van der Waals surface area (Å²) in [6.07, 6.45) is 0.154. The van der Waals surface area contributed by atoms with Crippen LogP contribution in [0.2, 0.25) is 0 Å². The highest BCUT2D eigenvalue weighted by Gasteiger charge is 2.17. The van der Waals surface area contributed by atoms with Crippen molar-refractivity contribution in [3.05, 3.63) is 64.4 Å². The molecule has 3 aromatic rings. The maximum absolute atomic E-state index is 12.4. The van der Waals surface area contributed by atoms with E-state index in [-0.39, 0.29) is 24.3 Å². The summed E-state index contributed by atoms with van der Waals surface area (Å²) >= 11 is 3.38. The number of hydrogen-bond acceptors (Lipinski definition) is 3. The first-order valence-electron chi connectivity index (χ1n) is 8.24. The summed E-state index contributed by atoms with van der Waals surface area (Å²) in [4.78, 5) is 31.4. The van der Waals surface area contributed by atoms with E-state index in [1.54, 1.807) is 0 Å². The number of H-pyrrole nitrogens is 1. The molecular formula is C19H19BrN4O2. The second-order valence-electron chi connectivity index (χ2n) is 5.99. The third-order valence-corrected chi connectivity index (χ3v) is 4.46. The number of fused-ring (bicyclic) bond motifs is 1. The maximum atomic E-state index is 12.4. The quantitative estimate of drug-likeness (QED) is 0.578. The molecule has 3 rings (SSSR count). The van der Waals surface area contributed by atoms with E-state index in [0.717, 1.165) is 21.1 Å². The van der Waals surface area contributed by atoms with Crippen molar-refractivity contribution < 1.29 is 9.59 Å². The Kier molecular flexibility index (Phi) is 5.68. The minimum atomic E-state index is -0.378. The molecule has 7 heteroatoms. The van der Waals surface area contributed by atoms with Crippen LogP contribution in [0.3, 0.4) is 0 Å². The number of benzene rings is 2. The van der Waals surface area contributed by atoms with Gasteiger partial charge in [-0.15, -0.1) is 0 Å². The van der Waals surface area contributed by atoms with Crippen molar-refractivity contribution in [2.45, 2.75) is 25.9 Å². The van der Waals surface area contributed by atoms with E-state index in [1.165, 1.54) is 6.92 Å². The Morgan fingerprint density at radius 2 is 1.88 bits per heavy atom. The Balaban J connectivity index is 1.63. The van der Waals surface area contributed by atoms with Gasteiger partial charge in [0.05, 0.1) is 30.0 Å². The molecule has 1 heterocycles. The van der Waals surface area contributed by atoms with Crippen LogP contribution >= 0.6 is 15.9 Å². The molecule has 1 unspecified atom stereocenters. The first kappa shape index (κ1) is 18.1. The number of carbonyl (C=O) groups is 2. The Morgan fingerprint density at radius 1 is 1.15 bits per heavy atom. The van der Waals surface area contributed by atoms with Crippen molar-refractivity contribution in [3.63, 3.8) is 0 Å². The van der Waals surface area contributed by atoms with Gasteiger partial charge in [0.15, 0.2) is 0 Å². The van der Waals surface area contributed by atoms with Gasteiger partial charge >= 0.3 is 0 Å². The number of imidazole rings is 1. The molecule has 0 fully saturated rings. The number of carbonyl (C=O) groups excluding carboxylic acids is 2. The monoisotopic (exact) mass is 414 g/mol. The van der Waals surface area contributed by atoms with Crippen LogP contribution in [0.1, 0.15) is 30.8 Å². The summed E-state index contributed by atoms with van der Waals surface area (Å²) in [5.74, 6) is 0.356. The Hall–Kier alpha value is -2.67. The van der Waals surface area contributed by atoms with Crippen molar-refractivity contribution in [1.82, 2.24) is 20.6 Å². The average Bonchev–Trinajstić information content (AvgIpc) is 3.03. The van der Waals surface area contributed by atoms with E-state index in [4.69, 9.17) is 0 Å². The van der Waals surface area contributed by atoms with E-state index < -0.39 is 0 Å². The van der Waals surface area contributed by atoms with E-state index in [1.807, 2.05) is 48.5 Å². The predicted octanol–water partition coefficient (Wildman–Crippen LogP) is 3.21. The van der Waals surface area contributed by atoms with Crippen LogP contribution < -0.4 is 10.6 Å². The molecule has 134 valence electrons. The molecule has 2 amide bonds. The number of halogens is 1. The highest BCUT2D eigenvalue weighted by molar-refractivity contribution is 9.10. The van der Waals surface area contributed by atoms with Crippen molar-refractivity contribution in [1.29, 1.82) is 0 Å². The topological polar surface area (TPSA) is 86.9 Å². The fourth-order valence-electron chi connectivity index (χ4n) is 2.72. The standard InChI is InChI=1S/C19H19BrN4O2/c1-12(25)22-17(13-6-8-14(20)9-7-13)10-19(26)21-11-18-23-15-4-2-3-5-16(15)24-18/h2-9,17H,10-11H2,1H3,(H,21,26)(H,22,25)(H,23,24). The van der Waals surface area contributed by atoms with Gasteiger partial charge in [0.25, 0.3) is 0 Å².